The highest BCUT2D eigenvalue weighted by Crippen LogP contribution is 2.38. The number of carbonyl (C=O) groups excluding carboxylic acids is 1. The summed E-state index contributed by atoms with van der Waals surface area (Å²) in [5.41, 5.74) is 7.90. The second-order valence-electron chi connectivity index (χ2n) is 7.71. The van der Waals surface area contributed by atoms with Crippen molar-refractivity contribution in [1.82, 2.24) is 9.97 Å². The molecule has 0 unspecified atom stereocenters. The number of aliphatic imine (C=N–C) groups is 1. The van der Waals surface area contributed by atoms with E-state index in [0.717, 1.165) is 17.7 Å². The molecular formula is C22H25N5O2S. The van der Waals surface area contributed by atoms with Crippen LogP contribution < -0.4 is 5.73 Å². The second-order valence-corrected chi connectivity index (χ2v) is 9.03. The predicted molar refractivity (Wildman–Crippen MR) is 119 cm³/mol. The van der Waals surface area contributed by atoms with Crippen LogP contribution in [0.2, 0.25) is 0 Å². The van der Waals surface area contributed by atoms with E-state index in [4.69, 9.17) is 17.0 Å². The number of pyridine rings is 2. The molecule has 0 aliphatic carbocycles. The van der Waals surface area contributed by atoms with Gasteiger partial charge in [-0.3, -0.25) is 14.8 Å². The Kier molecular flexibility index (Phi) is 6.85. The SMILES string of the molecule is [C-]#[N+]c1ccc(C(=O)Cc2ccnc([C@]3(C)C[C@@H](COC(C)C)SC(N)=N3)c2)nc1. The minimum Gasteiger partial charge on any atom is -0.379 e. The Labute approximate surface area is 181 Å². The standard InChI is InChI=1S/C22H25N5O2S/c1-14(2)29-13-17-11-22(3,27-21(23)30-17)20-10-15(7-8-25-20)9-19(28)18-6-5-16(24-4)12-26-18/h5-8,10,12,14,17H,9,11,13H2,1-3H3,(H2,23,27)/t17-,22-/m0/s1. The fraction of sp³-hybridized carbons (Fsp3) is 0.409. The van der Waals surface area contributed by atoms with Gasteiger partial charge in [-0.15, -0.1) is 0 Å². The zero-order valence-electron chi connectivity index (χ0n) is 17.3. The molecule has 7 nitrogen and oxygen atoms in total. The van der Waals surface area contributed by atoms with Gasteiger partial charge in [-0.25, -0.2) is 9.84 Å². The third-order valence-electron chi connectivity index (χ3n) is 4.79. The Bertz CT molecular complexity index is 984. The number of rotatable bonds is 7. The summed E-state index contributed by atoms with van der Waals surface area (Å²) < 4.78 is 5.78. The van der Waals surface area contributed by atoms with Crippen LogP contribution >= 0.6 is 11.8 Å². The maximum absolute atomic E-state index is 12.6. The summed E-state index contributed by atoms with van der Waals surface area (Å²) in [6.45, 7) is 13.6. The average Bonchev–Trinajstić information content (AvgIpc) is 2.72. The molecule has 0 fully saturated rings. The van der Waals surface area contributed by atoms with Crippen molar-refractivity contribution >= 4 is 28.4 Å². The van der Waals surface area contributed by atoms with Crippen molar-refractivity contribution in [2.45, 2.75) is 50.5 Å². The van der Waals surface area contributed by atoms with Crippen molar-refractivity contribution in [1.29, 1.82) is 0 Å². The normalized spacial score (nSPS) is 21.2. The maximum Gasteiger partial charge on any atom is 0.205 e. The van der Waals surface area contributed by atoms with Crippen LogP contribution in [0.25, 0.3) is 4.85 Å². The molecule has 0 spiro atoms. The van der Waals surface area contributed by atoms with E-state index in [9.17, 15) is 4.79 Å². The quantitative estimate of drug-likeness (QED) is 0.536. The van der Waals surface area contributed by atoms with Gasteiger partial charge in [0.15, 0.2) is 11.0 Å². The van der Waals surface area contributed by atoms with Gasteiger partial charge in [-0.05, 0) is 51.0 Å². The lowest BCUT2D eigenvalue weighted by Crippen LogP contribution is -2.36. The van der Waals surface area contributed by atoms with Crippen molar-refractivity contribution in [3.8, 4) is 0 Å². The van der Waals surface area contributed by atoms with Gasteiger partial charge in [0.25, 0.3) is 0 Å². The van der Waals surface area contributed by atoms with Gasteiger partial charge >= 0.3 is 0 Å². The van der Waals surface area contributed by atoms with E-state index in [1.54, 1.807) is 18.3 Å². The number of hydrogen-bond donors (Lipinski definition) is 1. The molecule has 2 N–H and O–H groups in total. The predicted octanol–water partition coefficient (Wildman–Crippen LogP) is 3.91. The van der Waals surface area contributed by atoms with Crippen molar-refractivity contribution < 1.29 is 9.53 Å². The van der Waals surface area contributed by atoms with Crippen LogP contribution in [0.15, 0.2) is 41.7 Å². The average molecular weight is 424 g/mol. The summed E-state index contributed by atoms with van der Waals surface area (Å²) in [4.78, 5) is 29.2. The van der Waals surface area contributed by atoms with E-state index in [1.807, 2.05) is 32.9 Å². The summed E-state index contributed by atoms with van der Waals surface area (Å²) in [5.74, 6) is -0.112. The fourth-order valence-electron chi connectivity index (χ4n) is 3.30. The van der Waals surface area contributed by atoms with Gasteiger partial charge < -0.3 is 10.5 Å². The second kappa shape index (κ2) is 9.37. The molecule has 156 valence electrons. The van der Waals surface area contributed by atoms with E-state index in [1.165, 1.54) is 18.0 Å². The van der Waals surface area contributed by atoms with Gasteiger partial charge in [0.05, 0.1) is 25.0 Å². The molecule has 30 heavy (non-hydrogen) atoms. The zero-order valence-corrected chi connectivity index (χ0v) is 18.1. The van der Waals surface area contributed by atoms with Crippen LogP contribution in [0, 0.1) is 6.57 Å². The Morgan fingerprint density at radius 1 is 1.40 bits per heavy atom. The van der Waals surface area contributed by atoms with Crippen molar-refractivity contribution in [2.24, 2.45) is 10.7 Å². The number of amidine groups is 1. The summed E-state index contributed by atoms with van der Waals surface area (Å²) in [6, 6.07) is 6.92. The number of nitrogens with two attached hydrogens (primary N) is 1. The lowest BCUT2D eigenvalue weighted by Gasteiger charge is -2.34. The highest BCUT2D eigenvalue weighted by Gasteiger charge is 2.36. The van der Waals surface area contributed by atoms with Crippen LogP contribution in [0.4, 0.5) is 5.69 Å². The number of Topliss-reactive ketones (excluding diaryl/α,β-unsaturated/α-hetero) is 1. The number of ketones is 1. The number of carbonyl (C=O) groups is 1. The van der Waals surface area contributed by atoms with Gasteiger partial charge in [0, 0.05) is 24.1 Å². The van der Waals surface area contributed by atoms with Gasteiger partial charge in [0.1, 0.15) is 11.2 Å². The molecule has 3 heterocycles. The summed E-state index contributed by atoms with van der Waals surface area (Å²) in [6.07, 6.45) is 4.21. The van der Waals surface area contributed by atoms with E-state index in [0.29, 0.717) is 23.2 Å². The van der Waals surface area contributed by atoms with Gasteiger partial charge in [-0.2, -0.15) is 0 Å². The highest BCUT2D eigenvalue weighted by atomic mass is 32.2. The first kappa shape index (κ1) is 21.9. The van der Waals surface area contributed by atoms with E-state index in [-0.39, 0.29) is 23.6 Å². The van der Waals surface area contributed by atoms with Crippen LogP contribution in [0.5, 0.6) is 0 Å². The van der Waals surface area contributed by atoms with Crippen molar-refractivity contribution in [2.75, 3.05) is 6.61 Å². The summed E-state index contributed by atoms with van der Waals surface area (Å²) in [5, 5.41) is 0.709. The molecule has 0 radical (unpaired) electrons. The summed E-state index contributed by atoms with van der Waals surface area (Å²) in [7, 11) is 0. The fourth-order valence-corrected chi connectivity index (χ4v) is 4.45. The zero-order chi connectivity index (χ0) is 21.7. The number of nitrogens with zero attached hydrogens (tertiary/aromatic N) is 4. The molecule has 3 rings (SSSR count). The molecule has 1 aliphatic rings. The Balaban J connectivity index is 1.77. The van der Waals surface area contributed by atoms with E-state index >= 15 is 0 Å². The number of thioether (sulfide) groups is 1. The molecule has 2 aromatic rings. The Hall–Kier alpha value is -2.76. The number of hydrogen-bond acceptors (Lipinski definition) is 7. The van der Waals surface area contributed by atoms with Gasteiger partial charge in [-0.1, -0.05) is 17.8 Å². The first-order valence-corrected chi connectivity index (χ1v) is 10.6. The molecule has 8 heteroatoms. The molecular weight excluding hydrogens is 398 g/mol. The molecule has 0 bridgehead atoms. The minimum atomic E-state index is -0.574. The first-order valence-electron chi connectivity index (χ1n) is 9.75. The maximum atomic E-state index is 12.6. The number of aromatic nitrogens is 2. The molecule has 2 aromatic heterocycles. The Morgan fingerprint density at radius 3 is 2.87 bits per heavy atom. The third-order valence-corrected chi connectivity index (χ3v) is 5.76. The molecule has 1 aliphatic heterocycles. The molecule has 0 saturated carbocycles. The van der Waals surface area contributed by atoms with Crippen LogP contribution in [0.3, 0.4) is 0 Å². The number of ether oxygens (including phenoxy) is 1. The molecule has 0 saturated heterocycles. The van der Waals surface area contributed by atoms with Crippen LogP contribution in [-0.2, 0) is 16.7 Å². The van der Waals surface area contributed by atoms with Gasteiger partial charge in [0.2, 0.25) is 5.69 Å². The monoisotopic (exact) mass is 423 g/mol. The summed E-state index contributed by atoms with van der Waals surface area (Å²) >= 11 is 1.53. The lowest BCUT2D eigenvalue weighted by atomic mass is 9.90. The molecule has 2 atom stereocenters. The topological polar surface area (TPSA) is 94.8 Å². The van der Waals surface area contributed by atoms with E-state index in [2.05, 4.69) is 19.8 Å². The molecule has 0 aromatic carbocycles. The highest BCUT2D eigenvalue weighted by molar-refractivity contribution is 8.14. The minimum absolute atomic E-state index is 0.112. The molecule has 0 amide bonds. The lowest BCUT2D eigenvalue weighted by molar-refractivity contribution is 0.0757. The van der Waals surface area contributed by atoms with Crippen molar-refractivity contribution in [3.05, 3.63) is 65.0 Å². The van der Waals surface area contributed by atoms with E-state index < -0.39 is 5.54 Å². The Morgan fingerprint density at radius 2 is 2.20 bits per heavy atom. The smallest absolute Gasteiger partial charge is 0.205 e. The first-order chi connectivity index (χ1) is 14.3. The third kappa shape index (κ3) is 5.43. The van der Waals surface area contributed by atoms with Crippen LogP contribution in [-0.4, -0.2) is 38.9 Å². The van der Waals surface area contributed by atoms with Crippen molar-refractivity contribution in [3.63, 3.8) is 0 Å². The largest absolute Gasteiger partial charge is 0.379 e. The van der Waals surface area contributed by atoms with Crippen LogP contribution in [0.1, 0.15) is 48.9 Å².